The van der Waals surface area contributed by atoms with E-state index in [4.69, 9.17) is 5.73 Å². The summed E-state index contributed by atoms with van der Waals surface area (Å²) in [6, 6.07) is 12.3. The molecule has 0 aliphatic heterocycles. The predicted molar refractivity (Wildman–Crippen MR) is 65.3 cm³/mol. The number of nitrogen functional groups attached to an aromatic ring is 1. The van der Waals surface area contributed by atoms with Crippen LogP contribution in [0.25, 0.3) is 0 Å². The number of nitrogens with one attached hydrogen (secondary N) is 1. The second kappa shape index (κ2) is 4.23. The molecule has 0 aliphatic rings. The number of halogens is 1. The van der Waals surface area contributed by atoms with E-state index in [0.717, 1.165) is 11.4 Å². The first-order valence-corrected chi connectivity index (χ1v) is 5.04. The molecule has 0 saturated heterocycles. The third kappa shape index (κ3) is 2.14. The molecule has 3 N–H and O–H groups in total. The summed E-state index contributed by atoms with van der Waals surface area (Å²) in [5.74, 6) is -0.208. The molecule has 0 aliphatic carbocycles. The van der Waals surface area contributed by atoms with E-state index in [-0.39, 0.29) is 5.82 Å². The van der Waals surface area contributed by atoms with E-state index in [1.54, 1.807) is 25.1 Å². The number of rotatable bonds is 2. The van der Waals surface area contributed by atoms with E-state index < -0.39 is 0 Å². The molecule has 0 atom stereocenters. The minimum Gasteiger partial charge on any atom is -0.399 e. The van der Waals surface area contributed by atoms with E-state index in [1.807, 2.05) is 18.2 Å². The van der Waals surface area contributed by atoms with Crippen LogP contribution in [0.15, 0.2) is 42.5 Å². The highest BCUT2D eigenvalue weighted by Gasteiger charge is 2.02. The average Bonchev–Trinajstić information content (AvgIpc) is 2.28. The lowest BCUT2D eigenvalue weighted by Gasteiger charge is -2.10. The quantitative estimate of drug-likeness (QED) is 0.754. The van der Waals surface area contributed by atoms with Gasteiger partial charge in [0.15, 0.2) is 0 Å². The third-order valence-electron chi connectivity index (χ3n) is 2.46. The zero-order valence-corrected chi connectivity index (χ0v) is 9.00. The van der Waals surface area contributed by atoms with Crippen LogP contribution in [0.4, 0.5) is 21.5 Å². The van der Waals surface area contributed by atoms with Crippen LogP contribution in [0.3, 0.4) is 0 Å². The average molecular weight is 216 g/mol. The van der Waals surface area contributed by atoms with Crippen molar-refractivity contribution in [3.63, 3.8) is 0 Å². The van der Waals surface area contributed by atoms with Gasteiger partial charge in [0.05, 0.1) is 0 Å². The van der Waals surface area contributed by atoms with E-state index in [0.29, 0.717) is 11.3 Å². The predicted octanol–water partition coefficient (Wildman–Crippen LogP) is 3.46. The molecule has 82 valence electrons. The first-order valence-electron chi connectivity index (χ1n) is 5.04. The fraction of sp³-hybridized carbons (Fsp3) is 0.0769. The van der Waals surface area contributed by atoms with Gasteiger partial charge in [-0.2, -0.15) is 0 Å². The lowest BCUT2D eigenvalue weighted by Crippen LogP contribution is -1.95. The van der Waals surface area contributed by atoms with Crippen LogP contribution in [0.5, 0.6) is 0 Å². The molecule has 0 amide bonds. The summed E-state index contributed by atoms with van der Waals surface area (Å²) < 4.78 is 13.3. The molecule has 0 saturated carbocycles. The monoisotopic (exact) mass is 216 g/mol. The second-order valence-corrected chi connectivity index (χ2v) is 3.66. The molecule has 2 aromatic carbocycles. The maximum atomic E-state index is 13.3. The number of anilines is 3. The van der Waals surface area contributed by atoms with Gasteiger partial charge in [0.2, 0.25) is 0 Å². The summed E-state index contributed by atoms with van der Waals surface area (Å²) in [7, 11) is 0. The van der Waals surface area contributed by atoms with Crippen molar-refractivity contribution in [1.29, 1.82) is 0 Å². The Balaban J connectivity index is 2.27. The molecule has 0 radical (unpaired) electrons. The summed E-state index contributed by atoms with van der Waals surface area (Å²) in [5.41, 5.74) is 8.57. The van der Waals surface area contributed by atoms with Gasteiger partial charge in [-0.15, -0.1) is 0 Å². The molecule has 0 unspecified atom stereocenters. The summed E-state index contributed by atoms with van der Waals surface area (Å²) in [4.78, 5) is 0. The van der Waals surface area contributed by atoms with Gasteiger partial charge in [0.25, 0.3) is 0 Å². The molecule has 2 nitrogen and oxygen atoms in total. The van der Waals surface area contributed by atoms with E-state index in [9.17, 15) is 4.39 Å². The van der Waals surface area contributed by atoms with Crippen molar-refractivity contribution >= 4 is 17.1 Å². The number of hydrogen-bond acceptors (Lipinski definition) is 2. The third-order valence-corrected chi connectivity index (χ3v) is 2.46. The SMILES string of the molecule is Cc1c(F)cccc1Nc1ccc(N)cc1. The van der Waals surface area contributed by atoms with Crippen molar-refractivity contribution in [2.45, 2.75) is 6.92 Å². The van der Waals surface area contributed by atoms with Gasteiger partial charge in [0.1, 0.15) is 5.82 Å². The Bertz CT molecular complexity index is 492. The summed E-state index contributed by atoms with van der Waals surface area (Å²) in [6.07, 6.45) is 0. The minimum atomic E-state index is -0.208. The topological polar surface area (TPSA) is 38.0 Å². The molecule has 16 heavy (non-hydrogen) atoms. The van der Waals surface area contributed by atoms with Gasteiger partial charge in [-0.3, -0.25) is 0 Å². The zero-order chi connectivity index (χ0) is 11.5. The van der Waals surface area contributed by atoms with Crippen molar-refractivity contribution in [2.75, 3.05) is 11.1 Å². The Labute approximate surface area is 93.9 Å². The van der Waals surface area contributed by atoms with Gasteiger partial charge in [-0.25, -0.2) is 4.39 Å². The first kappa shape index (κ1) is 10.5. The highest BCUT2D eigenvalue weighted by Crippen LogP contribution is 2.22. The standard InChI is InChI=1S/C13H13FN2/c1-9-12(14)3-2-4-13(9)16-11-7-5-10(15)6-8-11/h2-8,16H,15H2,1H3. The van der Waals surface area contributed by atoms with Crippen LogP contribution in [0, 0.1) is 12.7 Å². The Morgan fingerprint density at radius 3 is 2.44 bits per heavy atom. The second-order valence-electron chi connectivity index (χ2n) is 3.66. The molecule has 3 heteroatoms. The molecule has 0 spiro atoms. The van der Waals surface area contributed by atoms with E-state index in [1.165, 1.54) is 6.07 Å². The van der Waals surface area contributed by atoms with Crippen LogP contribution < -0.4 is 11.1 Å². The number of nitrogens with two attached hydrogens (primary N) is 1. The Morgan fingerprint density at radius 2 is 1.75 bits per heavy atom. The lowest BCUT2D eigenvalue weighted by molar-refractivity contribution is 0.619. The van der Waals surface area contributed by atoms with Gasteiger partial charge >= 0.3 is 0 Å². The Morgan fingerprint density at radius 1 is 1.06 bits per heavy atom. The van der Waals surface area contributed by atoms with Crippen molar-refractivity contribution in [2.24, 2.45) is 0 Å². The van der Waals surface area contributed by atoms with E-state index >= 15 is 0 Å². The van der Waals surface area contributed by atoms with Crippen molar-refractivity contribution in [3.8, 4) is 0 Å². The Hall–Kier alpha value is -2.03. The largest absolute Gasteiger partial charge is 0.399 e. The molecule has 0 aromatic heterocycles. The smallest absolute Gasteiger partial charge is 0.128 e. The molecule has 0 heterocycles. The molecule has 0 bridgehead atoms. The first-order chi connectivity index (χ1) is 7.66. The number of hydrogen-bond donors (Lipinski definition) is 2. The molecular formula is C13H13FN2. The fourth-order valence-electron chi connectivity index (χ4n) is 1.46. The maximum Gasteiger partial charge on any atom is 0.128 e. The van der Waals surface area contributed by atoms with Crippen LogP contribution in [-0.2, 0) is 0 Å². The summed E-state index contributed by atoms with van der Waals surface area (Å²) in [5, 5.41) is 3.14. The molecule has 2 aromatic rings. The van der Waals surface area contributed by atoms with Crippen LogP contribution in [-0.4, -0.2) is 0 Å². The van der Waals surface area contributed by atoms with Crippen LogP contribution in [0.1, 0.15) is 5.56 Å². The van der Waals surface area contributed by atoms with Gasteiger partial charge in [0, 0.05) is 22.6 Å². The van der Waals surface area contributed by atoms with Gasteiger partial charge < -0.3 is 11.1 Å². The molecule has 0 fully saturated rings. The van der Waals surface area contributed by atoms with Crippen LogP contribution >= 0.6 is 0 Å². The minimum absolute atomic E-state index is 0.208. The highest BCUT2D eigenvalue weighted by atomic mass is 19.1. The van der Waals surface area contributed by atoms with Crippen LogP contribution in [0.2, 0.25) is 0 Å². The van der Waals surface area contributed by atoms with Crippen molar-refractivity contribution in [3.05, 3.63) is 53.8 Å². The lowest BCUT2D eigenvalue weighted by atomic mass is 10.2. The normalized spacial score (nSPS) is 10.1. The zero-order valence-electron chi connectivity index (χ0n) is 9.00. The summed E-state index contributed by atoms with van der Waals surface area (Å²) >= 11 is 0. The fourth-order valence-corrected chi connectivity index (χ4v) is 1.46. The van der Waals surface area contributed by atoms with E-state index in [2.05, 4.69) is 5.32 Å². The summed E-state index contributed by atoms with van der Waals surface area (Å²) in [6.45, 7) is 1.75. The van der Waals surface area contributed by atoms with Gasteiger partial charge in [-0.05, 0) is 43.3 Å². The highest BCUT2D eigenvalue weighted by molar-refractivity contribution is 5.64. The maximum absolute atomic E-state index is 13.3. The van der Waals surface area contributed by atoms with Crippen molar-refractivity contribution < 1.29 is 4.39 Å². The van der Waals surface area contributed by atoms with Gasteiger partial charge in [-0.1, -0.05) is 6.07 Å². The molecular weight excluding hydrogens is 203 g/mol. The Kier molecular flexibility index (Phi) is 2.77. The van der Waals surface area contributed by atoms with Crippen molar-refractivity contribution in [1.82, 2.24) is 0 Å². The number of benzene rings is 2. The molecule has 2 rings (SSSR count).